The Balaban J connectivity index is 0.000000503. The number of amides is 1. The first kappa shape index (κ1) is 26.1. The molecule has 188 valence electrons. The molecule has 1 saturated heterocycles. The van der Waals surface area contributed by atoms with Gasteiger partial charge in [-0.15, -0.1) is 0 Å². The number of nitriles is 1. The van der Waals surface area contributed by atoms with E-state index in [1.165, 1.54) is 12.8 Å². The van der Waals surface area contributed by atoms with Crippen molar-refractivity contribution >= 4 is 22.7 Å². The van der Waals surface area contributed by atoms with E-state index < -0.39 is 6.09 Å². The number of nitrogens with zero attached hydrogens (tertiary/aromatic N) is 1. The number of fused-ring (bicyclic) bond motifs is 1. The van der Waals surface area contributed by atoms with Gasteiger partial charge in [0.15, 0.2) is 0 Å². The first-order chi connectivity index (χ1) is 16.8. The highest BCUT2D eigenvalue weighted by Crippen LogP contribution is 2.33. The molecule has 3 aromatic rings. The van der Waals surface area contributed by atoms with Crippen molar-refractivity contribution in [3.8, 4) is 23.1 Å². The number of hydrogen-bond acceptors (Lipinski definition) is 4. The Morgan fingerprint density at radius 1 is 1.20 bits per heavy atom. The van der Waals surface area contributed by atoms with Gasteiger partial charge in [-0.1, -0.05) is 52.7 Å². The molecular formula is C28H37N3O4. The van der Waals surface area contributed by atoms with Crippen molar-refractivity contribution in [2.24, 2.45) is 5.41 Å². The van der Waals surface area contributed by atoms with Gasteiger partial charge in [0.05, 0.1) is 30.0 Å². The highest BCUT2D eigenvalue weighted by molar-refractivity contribution is 5.94. The molecule has 7 nitrogen and oxygen atoms in total. The molecule has 1 aromatic heterocycles. The molecule has 35 heavy (non-hydrogen) atoms. The van der Waals surface area contributed by atoms with Gasteiger partial charge in [0.2, 0.25) is 0 Å². The van der Waals surface area contributed by atoms with E-state index in [1.54, 1.807) is 24.3 Å². The Morgan fingerprint density at radius 2 is 1.86 bits per heavy atom. The van der Waals surface area contributed by atoms with Crippen molar-refractivity contribution in [3.63, 3.8) is 0 Å². The van der Waals surface area contributed by atoms with E-state index in [4.69, 9.17) is 14.6 Å². The topological polar surface area (TPSA) is 107 Å². The molecule has 0 aliphatic carbocycles. The van der Waals surface area contributed by atoms with Gasteiger partial charge in [-0.3, -0.25) is 5.32 Å². The van der Waals surface area contributed by atoms with Crippen LogP contribution in [0.2, 0.25) is 0 Å². The summed E-state index contributed by atoms with van der Waals surface area (Å²) in [5.41, 5.74) is 3.92. The molecule has 1 aliphatic heterocycles. The molecule has 0 atom stereocenters. The van der Waals surface area contributed by atoms with Crippen LogP contribution in [-0.4, -0.2) is 35.5 Å². The lowest BCUT2D eigenvalue weighted by atomic mass is 9.88. The zero-order valence-corrected chi connectivity index (χ0v) is 21.0. The van der Waals surface area contributed by atoms with Crippen LogP contribution in [0.4, 0.5) is 10.5 Å². The molecule has 0 saturated carbocycles. The zero-order valence-electron chi connectivity index (χ0n) is 21.0. The molecule has 0 radical (unpaired) electrons. The molecule has 2 heterocycles. The van der Waals surface area contributed by atoms with Crippen molar-refractivity contribution in [1.29, 1.82) is 5.26 Å². The van der Waals surface area contributed by atoms with Gasteiger partial charge >= 0.3 is 6.09 Å². The number of benzene rings is 2. The minimum absolute atomic E-state index is 0. The lowest BCUT2D eigenvalue weighted by Crippen LogP contribution is -2.25. The fourth-order valence-corrected chi connectivity index (χ4v) is 3.66. The van der Waals surface area contributed by atoms with Crippen LogP contribution in [0.25, 0.3) is 22.2 Å². The first-order valence-electron chi connectivity index (χ1n) is 12.2. The second kappa shape index (κ2) is 11.8. The Hall–Kier alpha value is -3.50. The molecular weight excluding hydrogens is 442 g/mol. The number of anilines is 1. The number of nitrogens with one attached hydrogen (secondary N) is 2. The third kappa shape index (κ3) is 7.00. The van der Waals surface area contributed by atoms with Crippen LogP contribution in [0.15, 0.2) is 42.5 Å². The van der Waals surface area contributed by atoms with Crippen molar-refractivity contribution in [2.75, 3.05) is 18.5 Å². The molecule has 3 N–H and O–H groups in total. The summed E-state index contributed by atoms with van der Waals surface area (Å²) in [5, 5.41) is 21.6. The minimum Gasteiger partial charge on any atom is -0.490 e. The molecule has 2 aromatic carbocycles. The summed E-state index contributed by atoms with van der Waals surface area (Å²) in [6.07, 6.45) is 3.36. The average molecular weight is 480 g/mol. The standard InChI is InChI=1S/C21H19N3O4.C7H16.H2/c22-12-18-17-6-5-16(28-15-7-9-27-10-8-15)11-19(17)24-20(18)13-1-3-14(4-2-13)23-21(25)26;1-5-7(3,4)6-2;/h1-6,11,15,23-24H,7-10H2,(H,25,26);5-6H2,1-4H3;1H. The molecule has 4 rings (SSSR count). The van der Waals surface area contributed by atoms with Crippen LogP contribution in [0, 0.1) is 16.7 Å². The van der Waals surface area contributed by atoms with Crippen molar-refractivity contribution in [1.82, 2.24) is 4.98 Å². The van der Waals surface area contributed by atoms with E-state index in [0.29, 0.717) is 35.6 Å². The van der Waals surface area contributed by atoms with E-state index in [1.807, 2.05) is 18.2 Å². The third-order valence-corrected chi connectivity index (χ3v) is 6.69. The van der Waals surface area contributed by atoms with Gasteiger partial charge in [-0.2, -0.15) is 5.26 Å². The summed E-state index contributed by atoms with van der Waals surface area (Å²) in [6.45, 7) is 10.5. The molecule has 7 heteroatoms. The Bertz CT molecular complexity index is 1170. The highest BCUT2D eigenvalue weighted by atomic mass is 16.5. The van der Waals surface area contributed by atoms with Crippen LogP contribution < -0.4 is 10.1 Å². The van der Waals surface area contributed by atoms with Gasteiger partial charge in [-0.05, 0) is 35.2 Å². The number of aromatic nitrogens is 1. The molecule has 1 aliphatic rings. The molecule has 1 fully saturated rings. The molecule has 1 amide bonds. The van der Waals surface area contributed by atoms with E-state index in [9.17, 15) is 10.1 Å². The van der Waals surface area contributed by atoms with E-state index in [0.717, 1.165) is 35.1 Å². The van der Waals surface area contributed by atoms with Gasteiger partial charge in [0, 0.05) is 31.4 Å². The average Bonchev–Trinajstić information content (AvgIpc) is 3.23. The minimum atomic E-state index is -1.12. The van der Waals surface area contributed by atoms with Crippen molar-refractivity contribution in [3.05, 3.63) is 48.0 Å². The van der Waals surface area contributed by atoms with Crippen molar-refractivity contribution in [2.45, 2.75) is 59.5 Å². The Morgan fingerprint density at radius 3 is 2.40 bits per heavy atom. The Kier molecular flexibility index (Phi) is 8.78. The van der Waals surface area contributed by atoms with Crippen LogP contribution >= 0.6 is 0 Å². The SMILES string of the molecule is CCC(C)(C)CC.N#Cc1c(-c2ccc(NC(=O)O)cc2)[nH]c2cc(OC3CCOCC3)ccc12.[HH]. The van der Waals surface area contributed by atoms with Gasteiger partial charge in [-0.25, -0.2) is 4.79 Å². The quantitative estimate of drug-likeness (QED) is 0.341. The van der Waals surface area contributed by atoms with Crippen LogP contribution in [-0.2, 0) is 4.74 Å². The summed E-state index contributed by atoms with van der Waals surface area (Å²) >= 11 is 0. The Labute approximate surface area is 208 Å². The first-order valence-corrected chi connectivity index (χ1v) is 12.2. The van der Waals surface area contributed by atoms with Crippen LogP contribution in [0.1, 0.15) is 60.4 Å². The van der Waals surface area contributed by atoms with Gasteiger partial charge < -0.3 is 19.6 Å². The number of H-pyrrole nitrogens is 1. The maximum atomic E-state index is 10.7. The fourth-order valence-electron chi connectivity index (χ4n) is 3.66. The number of carboxylic acid groups (broad SMARTS) is 1. The summed E-state index contributed by atoms with van der Waals surface area (Å²) < 4.78 is 11.4. The number of carbonyl (C=O) groups is 1. The molecule has 0 unspecified atom stereocenters. The summed E-state index contributed by atoms with van der Waals surface area (Å²) in [7, 11) is 0. The predicted molar refractivity (Wildman–Crippen MR) is 141 cm³/mol. The number of aromatic amines is 1. The van der Waals surface area contributed by atoms with Gasteiger partial charge in [0.1, 0.15) is 17.9 Å². The van der Waals surface area contributed by atoms with Gasteiger partial charge in [0.25, 0.3) is 0 Å². The predicted octanol–water partition coefficient (Wildman–Crippen LogP) is 7.43. The second-order valence-electron chi connectivity index (χ2n) is 9.50. The fraction of sp³-hybridized carbons (Fsp3) is 0.429. The maximum absolute atomic E-state index is 10.7. The van der Waals surface area contributed by atoms with E-state index in [-0.39, 0.29) is 7.53 Å². The largest absolute Gasteiger partial charge is 0.490 e. The second-order valence-corrected chi connectivity index (χ2v) is 9.50. The normalized spacial score (nSPS) is 14.0. The van der Waals surface area contributed by atoms with E-state index >= 15 is 0 Å². The van der Waals surface area contributed by atoms with Crippen LogP contribution in [0.3, 0.4) is 0 Å². The zero-order chi connectivity index (χ0) is 25.4. The van der Waals surface area contributed by atoms with E-state index in [2.05, 4.69) is 44.1 Å². The third-order valence-electron chi connectivity index (χ3n) is 6.69. The number of rotatable bonds is 6. The number of ether oxygens (including phenoxy) is 2. The maximum Gasteiger partial charge on any atom is 0.409 e. The lowest BCUT2D eigenvalue weighted by Gasteiger charge is -2.23. The molecule has 0 spiro atoms. The summed E-state index contributed by atoms with van der Waals surface area (Å²) in [5.74, 6) is 0.762. The van der Waals surface area contributed by atoms with Crippen molar-refractivity contribution < 1.29 is 20.8 Å². The number of hydrogen-bond donors (Lipinski definition) is 3. The summed E-state index contributed by atoms with van der Waals surface area (Å²) in [4.78, 5) is 14.0. The lowest BCUT2D eigenvalue weighted by molar-refractivity contribution is 0.0256. The summed E-state index contributed by atoms with van der Waals surface area (Å²) in [6, 6.07) is 14.8. The highest BCUT2D eigenvalue weighted by Gasteiger charge is 2.17. The van der Waals surface area contributed by atoms with Crippen LogP contribution in [0.5, 0.6) is 5.75 Å². The molecule has 0 bridgehead atoms. The smallest absolute Gasteiger partial charge is 0.409 e. The monoisotopic (exact) mass is 479 g/mol.